The van der Waals surface area contributed by atoms with Crippen LogP contribution in [-0.2, 0) is 23.1 Å². The number of rotatable bonds is 6. The van der Waals surface area contributed by atoms with E-state index in [0.717, 1.165) is 24.8 Å². The molecule has 33 heavy (non-hydrogen) atoms. The number of carbonyl (C=O) groups is 1. The van der Waals surface area contributed by atoms with Crippen molar-refractivity contribution < 1.29 is 18.3 Å². The highest BCUT2D eigenvalue weighted by Crippen LogP contribution is 2.36. The number of nitrogens with one attached hydrogen (secondary N) is 1. The molecular weight excluding hydrogens is 419 g/mol. The molecule has 0 spiro atoms. The molecule has 1 unspecified atom stereocenters. The number of ether oxygens (including phenoxy) is 1. The summed E-state index contributed by atoms with van der Waals surface area (Å²) in [7, 11) is 0. The quantitative estimate of drug-likeness (QED) is 0.586. The van der Waals surface area contributed by atoms with E-state index in [1.165, 1.54) is 17.3 Å². The Morgan fingerprint density at radius 2 is 1.97 bits per heavy atom. The summed E-state index contributed by atoms with van der Waals surface area (Å²) in [5.74, 6) is 0.228. The van der Waals surface area contributed by atoms with Gasteiger partial charge in [-0.15, -0.1) is 0 Å². The first-order valence-electron chi connectivity index (χ1n) is 11.6. The number of fused-ring (bicyclic) bond motifs is 1. The Labute approximate surface area is 193 Å². The third-order valence-corrected chi connectivity index (χ3v) is 7.13. The van der Waals surface area contributed by atoms with Crippen LogP contribution in [0.3, 0.4) is 0 Å². The zero-order chi connectivity index (χ0) is 22.8. The minimum atomic E-state index is -0.345. The maximum atomic E-state index is 14.0. The van der Waals surface area contributed by atoms with Crippen molar-refractivity contribution in [3.63, 3.8) is 0 Å². The average molecular weight is 449 g/mol. The second kappa shape index (κ2) is 9.02. The van der Waals surface area contributed by atoms with Crippen LogP contribution in [0.25, 0.3) is 0 Å². The predicted octanol–water partition coefficient (Wildman–Crippen LogP) is 4.85. The largest absolute Gasteiger partial charge is 0.467 e. The lowest BCUT2D eigenvalue weighted by molar-refractivity contribution is 0.0486. The van der Waals surface area contributed by atoms with Gasteiger partial charge in [-0.25, -0.2) is 4.39 Å². The van der Waals surface area contributed by atoms with Crippen molar-refractivity contribution in [2.45, 2.75) is 44.2 Å². The van der Waals surface area contributed by atoms with E-state index in [1.807, 2.05) is 12.1 Å². The lowest BCUT2D eigenvalue weighted by atomic mass is 9.74. The van der Waals surface area contributed by atoms with Gasteiger partial charge in [-0.1, -0.05) is 30.3 Å². The molecule has 1 N–H and O–H groups in total. The Morgan fingerprint density at radius 1 is 1.15 bits per heavy atom. The third kappa shape index (κ3) is 4.27. The SMILES string of the molecule is CC1Cc2ccccc2N1Cc1occc1C(=O)NCC1(c2cccc(F)c2)CCOCC1. The van der Waals surface area contributed by atoms with Crippen molar-refractivity contribution in [2.75, 3.05) is 24.7 Å². The lowest BCUT2D eigenvalue weighted by Gasteiger charge is -2.38. The second-order valence-electron chi connectivity index (χ2n) is 9.15. The molecule has 1 fully saturated rings. The van der Waals surface area contributed by atoms with Crippen LogP contribution in [0.2, 0.25) is 0 Å². The monoisotopic (exact) mass is 448 g/mol. The Kier molecular flexibility index (Phi) is 5.94. The molecule has 1 amide bonds. The molecule has 2 aliphatic rings. The molecule has 2 aliphatic heterocycles. The van der Waals surface area contributed by atoms with Gasteiger partial charge < -0.3 is 19.4 Å². The highest BCUT2D eigenvalue weighted by atomic mass is 19.1. The van der Waals surface area contributed by atoms with E-state index in [4.69, 9.17) is 9.15 Å². The first-order chi connectivity index (χ1) is 16.1. The normalized spacial score (nSPS) is 19.3. The summed E-state index contributed by atoms with van der Waals surface area (Å²) >= 11 is 0. The smallest absolute Gasteiger partial charge is 0.254 e. The summed E-state index contributed by atoms with van der Waals surface area (Å²) in [6.07, 6.45) is 4.03. The van der Waals surface area contributed by atoms with Crippen molar-refractivity contribution in [2.24, 2.45) is 0 Å². The second-order valence-corrected chi connectivity index (χ2v) is 9.15. The summed E-state index contributed by atoms with van der Waals surface area (Å²) in [6, 6.07) is 17.1. The Balaban J connectivity index is 1.32. The number of hydrogen-bond donors (Lipinski definition) is 1. The van der Waals surface area contributed by atoms with Gasteiger partial charge in [0.1, 0.15) is 11.6 Å². The molecule has 6 heteroatoms. The van der Waals surface area contributed by atoms with Gasteiger partial charge in [0.05, 0.1) is 18.4 Å². The number of amides is 1. The number of halogens is 1. The Morgan fingerprint density at radius 3 is 2.79 bits per heavy atom. The minimum absolute atomic E-state index is 0.166. The van der Waals surface area contributed by atoms with Crippen molar-refractivity contribution in [1.82, 2.24) is 5.32 Å². The van der Waals surface area contributed by atoms with Crippen molar-refractivity contribution >= 4 is 11.6 Å². The molecule has 0 radical (unpaired) electrons. The standard InChI is InChI=1S/C27H29FN2O3/c1-19-15-20-5-2-3-8-24(20)30(19)17-25-23(9-12-33-25)26(31)29-18-27(10-13-32-14-11-27)21-6-4-7-22(28)16-21/h2-9,12,16,19H,10-11,13-15,17-18H2,1H3,(H,29,31). The van der Waals surface area contributed by atoms with Gasteiger partial charge in [0.15, 0.2) is 0 Å². The molecule has 3 heterocycles. The number of benzene rings is 2. The van der Waals surface area contributed by atoms with Crippen LogP contribution in [0, 0.1) is 5.82 Å². The van der Waals surface area contributed by atoms with Crippen LogP contribution in [-0.4, -0.2) is 31.7 Å². The fraction of sp³-hybridized carbons (Fsp3) is 0.370. The van der Waals surface area contributed by atoms with Gasteiger partial charge >= 0.3 is 0 Å². The van der Waals surface area contributed by atoms with Crippen LogP contribution in [0.4, 0.5) is 10.1 Å². The van der Waals surface area contributed by atoms with E-state index in [9.17, 15) is 9.18 Å². The molecule has 0 bridgehead atoms. The fourth-order valence-corrected chi connectivity index (χ4v) is 5.18. The molecule has 5 nitrogen and oxygen atoms in total. The number of furan rings is 1. The molecular formula is C27H29FN2O3. The van der Waals surface area contributed by atoms with E-state index in [-0.39, 0.29) is 17.1 Å². The highest BCUT2D eigenvalue weighted by molar-refractivity contribution is 5.95. The predicted molar refractivity (Wildman–Crippen MR) is 125 cm³/mol. The Bertz CT molecular complexity index is 1140. The lowest BCUT2D eigenvalue weighted by Crippen LogP contribution is -2.44. The molecule has 2 aromatic carbocycles. The zero-order valence-electron chi connectivity index (χ0n) is 18.9. The Hall–Kier alpha value is -3.12. The topological polar surface area (TPSA) is 54.7 Å². The number of nitrogens with zero attached hydrogens (tertiary/aromatic N) is 1. The highest BCUT2D eigenvalue weighted by Gasteiger charge is 2.36. The van der Waals surface area contributed by atoms with E-state index < -0.39 is 0 Å². The van der Waals surface area contributed by atoms with Crippen LogP contribution in [0.5, 0.6) is 0 Å². The van der Waals surface area contributed by atoms with E-state index in [1.54, 1.807) is 24.5 Å². The van der Waals surface area contributed by atoms with Gasteiger partial charge in [-0.2, -0.15) is 0 Å². The van der Waals surface area contributed by atoms with E-state index >= 15 is 0 Å². The molecule has 1 atom stereocenters. The zero-order valence-corrected chi connectivity index (χ0v) is 18.9. The molecule has 1 saturated heterocycles. The molecule has 0 saturated carbocycles. The number of anilines is 1. The van der Waals surface area contributed by atoms with Crippen molar-refractivity contribution in [3.8, 4) is 0 Å². The maximum absolute atomic E-state index is 14.0. The van der Waals surface area contributed by atoms with Crippen LogP contribution in [0.1, 0.15) is 47.0 Å². The minimum Gasteiger partial charge on any atom is -0.467 e. The van der Waals surface area contributed by atoms with Gasteiger partial charge in [0.2, 0.25) is 0 Å². The first-order valence-corrected chi connectivity index (χ1v) is 11.6. The summed E-state index contributed by atoms with van der Waals surface area (Å²) in [5.41, 5.74) is 3.62. The summed E-state index contributed by atoms with van der Waals surface area (Å²) in [5, 5.41) is 3.11. The molecule has 5 rings (SSSR count). The summed E-state index contributed by atoms with van der Waals surface area (Å²) < 4.78 is 25.3. The first kappa shape index (κ1) is 21.7. The van der Waals surface area contributed by atoms with Gasteiger partial charge in [0.25, 0.3) is 5.91 Å². The number of hydrogen-bond acceptors (Lipinski definition) is 4. The van der Waals surface area contributed by atoms with E-state index in [2.05, 4.69) is 35.3 Å². The van der Waals surface area contributed by atoms with Gasteiger partial charge in [0, 0.05) is 36.9 Å². The summed E-state index contributed by atoms with van der Waals surface area (Å²) in [6.45, 7) is 4.34. The van der Waals surface area contributed by atoms with E-state index in [0.29, 0.717) is 43.7 Å². The number of para-hydroxylation sites is 1. The fourth-order valence-electron chi connectivity index (χ4n) is 5.18. The van der Waals surface area contributed by atoms with Crippen molar-refractivity contribution in [3.05, 3.63) is 89.1 Å². The molecule has 3 aromatic rings. The van der Waals surface area contributed by atoms with Crippen molar-refractivity contribution in [1.29, 1.82) is 0 Å². The molecule has 0 aliphatic carbocycles. The third-order valence-electron chi connectivity index (χ3n) is 7.13. The van der Waals surface area contributed by atoms with Gasteiger partial charge in [-0.05, 0) is 61.6 Å². The van der Waals surface area contributed by atoms with Crippen LogP contribution >= 0.6 is 0 Å². The number of carbonyl (C=O) groups excluding carboxylic acids is 1. The van der Waals surface area contributed by atoms with Crippen LogP contribution in [0.15, 0.2) is 65.3 Å². The molecule has 172 valence electrons. The summed E-state index contributed by atoms with van der Waals surface area (Å²) in [4.78, 5) is 15.5. The van der Waals surface area contributed by atoms with Gasteiger partial charge in [-0.3, -0.25) is 4.79 Å². The maximum Gasteiger partial charge on any atom is 0.254 e. The average Bonchev–Trinajstić information content (AvgIpc) is 3.43. The van der Waals surface area contributed by atoms with Crippen LogP contribution < -0.4 is 10.2 Å². The molecule has 1 aromatic heterocycles.